The van der Waals surface area contributed by atoms with Crippen LogP contribution in [0.3, 0.4) is 0 Å². The quantitative estimate of drug-likeness (QED) is 0.323. The van der Waals surface area contributed by atoms with Crippen molar-refractivity contribution in [3.63, 3.8) is 0 Å². The molecule has 0 N–H and O–H groups in total. The van der Waals surface area contributed by atoms with E-state index in [0.717, 1.165) is 36.3 Å². The zero-order valence-electron chi connectivity index (χ0n) is 19.0. The minimum Gasteiger partial charge on any atom is -0.485 e. The SMILES string of the molecule is C=CCn1c(COc2ccccc2-c2ccccc2)nnc1SCC(=O)N1CCCCC1C. The van der Waals surface area contributed by atoms with Crippen LogP contribution < -0.4 is 4.74 Å². The molecule has 1 unspecified atom stereocenters. The van der Waals surface area contributed by atoms with E-state index >= 15 is 0 Å². The predicted molar refractivity (Wildman–Crippen MR) is 132 cm³/mol. The molecule has 1 fully saturated rings. The summed E-state index contributed by atoms with van der Waals surface area (Å²) in [5, 5.41) is 9.40. The lowest BCUT2D eigenvalue weighted by Gasteiger charge is -2.33. The number of rotatable bonds is 9. The van der Waals surface area contributed by atoms with Crippen LogP contribution in [0, 0.1) is 0 Å². The Kier molecular flexibility index (Phi) is 7.83. The minimum absolute atomic E-state index is 0.162. The van der Waals surface area contributed by atoms with Crippen LogP contribution in [0.25, 0.3) is 11.1 Å². The number of carbonyl (C=O) groups is 1. The van der Waals surface area contributed by atoms with Crippen molar-refractivity contribution in [1.29, 1.82) is 0 Å². The fourth-order valence-corrected chi connectivity index (χ4v) is 4.97. The van der Waals surface area contributed by atoms with Gasteiger partial charge in [0.05, 0.1) is 5.75 Å². The van der Waals surface area contributed by atoms with Crippen molar-refractivity contribution in [1.82, 2.24) is 19.7 Å². The fourth-order valence-electron chi connectivity index (χ4n) is 4.11. The van der Waals surface area contributed by atoms with Gasteiger partial charge in [-0.05, 0) is 37.8 Å². The molecule has 0 radical (unpaired) electrons. The second kappa shape index (κ2) is 11.2. The number of ether oxygens (including phenoxy) is 1. The number of benzene rings is 2. The van der Waals surface area contributed by atoms with Crippen molar-refractivity contribution in [2.24, 2.45) is 0 Å². The molecule has 3 aromatic rings. The molecule has 1 atom stereocenters. The number of likely N-dealkylation sites (tertiary alicyclic amines) is 1. The summed E-state index contributed by atoms with van der Waals surface area (Å²) < 4.78 is 8.14. The fraction of sp³-hybridized carbons (Fsp3) is 0.346. The number of hydrogen-bond donors (Lipinski definition) is 0. The van der Waals surface area contributed by atoms with Crippen LogP contribution in [0.4, 0.5) is 0 Å². The van der Waals surface area contributed by atoms with E-state index in [1.807, 2.05) is 58.0 Å². The number of amides is 1. The smallest absolute Gasteiger partial charge is 0.233 e. The Hall–Kier alpha value is -3.06. The summed E-state index contributed by atoms with van der Waals surface area (Å²) >= 11 is 1.43. The lowest BCUT2D eigenvalue weighted by molar-refractivity contribution is -0.131. The molecule has 172 valence electrons. The first-order valence-corrected chi connectivity index (χ1v) is 12.4. The van der Waals surface area contributed by atoms with E-state index in [1.54, 1.807) is 0 Å². The average Bonchev–Trinajstić information content (AvgIpc) is 3.24. The van der Waals surface area contributed by atoms with E-state index < -0.39 is 0 Å². The number of thioether (sulfide) groups is 1. The average molecular weight is 463 g/mol. The van der Waals surface area contributed by atoms with Gasteiger partial charge in [0.15, 0.2) is 11.0 Å². The van der Waals surface area contributed by atoms with Gasteiger partial charge in [-0.3, -0.25) is 9.36 Å². The Morgan fingerprint density at radius 1 is 1.15 bits per heavy atom. The molecule has 2 heterocycles. The van der Waals surface area contributed by atoms with E-state index in [4.69, 9.17) is 4.74 Å². The maximum Gasteiger partial charge on any atom is 0.233 e. The predicted octanol–water partition coefficient (Wildman–Crippen LogP) is 5.20. The second-order valence-electron chi connectivity index (χ2n) is 8.17. The van der Waals surface area contributed by atoms with Crippen LogP contribution in [0.2, 0.25) is 0 Å². The van der Waals surface area contributed by atoms with Gasteiger partial charge < -0.3 is 9.64 Å². The van der Waals surface area contributed by atoms with Crippen LogP contribution in [-0.2, 0) is 17.9 Å². The zero-order valence-corrected chi connectivity index (χ0v) is 19.8. The molecule has 4 rings (SSSR count). The Bertz CT molecular complexity index is 1080. The lowest BCUT2D eigenvalue weighted by atomic mass is 10.0. The highest BCUT2D eigenvalue weighted by molar-refractivity contribution is 7.99. The third-order valence-corrected chi connectivity index (χ3v) is 6.83. The summed E-state index contributed by atoms with van der Waals surface area (Å²) in [7, 11) is 0. The number of hydrogen-bond acceptors (Lipinski definition) is 5. The van der Waals surface area contributed by atoms with Gasteiger partial charge in [0.1, 0.15) is 12.4 Å². The molecule has 0 bridgehead atoms. The van der Waals surface area contributed by atoms with Gasteiger partial charge in [0.25, 0.3) is 0 Å². The molecule has 33 heavy (non-hydrogen) atoms. The summed E-state index contributed by atoms with van der Waals surface area (Å²) in [6.45, 7) is 7.68. The van der Waals surface area contributed by atoms with E-state index in [9.17, 15) is 4.79 Å². The molecule has 0 spiro atoms. The van der Waals surface area contributed by atoms with Crippen molar-refractivity contribution >= 4 is 17.7 Å². The topological polar surface area (TPSA) is 60.2 Å². The third kappa shape index (κ3) is 5.66. The molecule has 1 aliphatic rings. The summed E-state index contributed by atoms with van der Waals surface area (Å²) in [6, 6.07) is 18.5. The Morgan fingerprint density at radius 3 is 2.73 bits per heavy atom. The molecule has 0 saturated carbocycles. The number of para-hydroxylation sites is 1. The Labute approximate surface area is 199 Å². The van der Waals surface area contributed by atoms with Crippen molar-refractivity contribution in [3.05, 3.63) is 73.1 Å². The number of nitrogens with zero attached hydrogens (tertiary/aromatic N) is 4. The van der Waals surface area contributed by atoms with Crippen molar-refractivity contribution in [3.8, 4) is 16.9 Å². The maximum atomic E-state index is 12.7. The lowest BCUT2D eigenvalue weighted by Crippen LogP contribution is -2.43. The van der Waals surface area contributed by atoms with Gasteiger partial charge in [-0.15, -0.1) is 16.8 Å². The summed E-state index contributed by atoms with van der Waals surface area (Å²) in [4.78, 5) is 14.7. The number of carbonyl (C=O) groups excluding carboxylic acids is 1. The molecular formula is C26H30N4O2S. The van der Waals surface area contributed by atoms with Crippen LogP contribution in [-0.4, -0.2) is 43.9 Å². The first-order chi connectivity index (χ1) is 16.2. The van der Waals surface area contributed by atoms with Gasteiger partial charge in [0, 0.05) is 24.7 Å². The molecule has 7 heteroatoms. The minimum atomic E-state index is 0.162. The molecule has 1 amide bonds. The van der Waals surface area contributed by atoms with Crippen LogP contribution >= 0.6 is 11.8 Å². The molecule has 0 aliphatic carbocycles. The molecule has 1 aliphatic heterocycles. The van der Waals surface area contributed by atoms with Crippen LogP contribution in [0.5, 0.6) is 5.75 Å². The molecular weight excluding hydrogens is 432 g/mol. The maximum absolute atomic E-state index is 12.7. The largest absolute Gasteiger partial charge is 0.485 e. The van der Waals surface area contributed by atoms with Crippen molar-refractivity contribution in [2.75, 3.05) is 12.3 Å². The van der Waals surface area contributed by atoms with Gasteiger partial charge in [0.2, 0.25) is 5.91 Å². The first-order valence-electron chi connectivity index (χ1n) is 11.4. The highest BCUT2D eigenvalue weighted by Crippen LogP contribution is 2.30. The van der Waals surface area contributed by atoms with E-state index in [1.165, 1.54) is 18.2 Å². The molecule has 1 aromatic heterocycles. The van der Waals surface area contributed by atoms with Gasteiger partial charge >= 0.3 is 0 Å². The Balaban J connectivity index is 1.44. The Morgan fingerprint density at radius 2 is 1.94 bits per heavy atom. The zero-order chi connectivity index (χ0) is 23.0. The third-order valence-electron chi connectivity index (χ3n) is 5.88. The molecule has 6 nitrogen and oxygen atoms in total. The van der Waals surface area contributed by atoms with Crippen molar-refractivity contribution in [2.45, 2.75) is 50.5 Å². The van der Waals surface area contributed by atoms with Gasteiger partial charge in [-0.25, -0.2) is 0 Å². The second-order valence-corrected chi connectivity index (χ2v) is 9.11. The van der Waals surface area contributed by atoms with Crippen molar-refractivity contribution < 1.29 is 9.53 Å². The van der Waals surface area contributed by atoms with Gasteiger partial charge in [-0.2, -0.15) is 0 Å². The number of piperidine rings is 1. The highest BCUT2D eigenvalue weighted by Gasteiger charge is 2.24. The standard InChI is InChI=1S/C26H30N4O2S/c1-3-16-30-24(18-32-23-15-8-7-14-22(23)21-12-5-4-6-13-21)27-28-26(30)33-19-25(31)29-17-10-9-11-20(29)2/h3-8,12-15,20H,1,9-11,16-19H2,2H3. The molecule has 2 aromatic carbocycles. The number of aromatic nitrogens is 3. The van der Waals surface area contributed by atoms with Gasteiger partial charge in [-0.1, -0.05) is 66.4 Å². The molecule has 1 saturated heterocycles. The highest BCUT2D eigenvalue weighted by atomic mass is 32.2. The van der Waals surface area contributed by atoms with Crippen LogP contribution in [0.1, 0.15) is 32.0 Å². The normalized spacial score (nSPS) is 15.9. The summed E-state index contributed by atoms with van der Waals surface area (Å²) in [5.41, 5.74) is 2.13. The van der Waals surface area contributed by atoms with E-state index in [-0.39, 0.29) is 12.5 Å². The summed E-state index contributed by atoms with van der Waals surface area (Å²) in [6.07, 6.45) is 5.17. The van der Waals surface area contributed by atoms with E-state index in [2.05, 4.69) is 35.8 Å². The first kappa shape index (κ1) is 23.1. The number of allylic oxidation sites excluding steroid dienone is 1. The summed E-state index contributed by atoms with van der Waals surface area (Å²) in [5.74, 6) is 2.02. The van der Waals surface area contributed by atoms with E-state index in [0.29, 0.717) is 29.3 Å². The monoisotopic (exact) mass is 462 g/mol. The van der Waals surface area contributed by atoms with Crippen LogP contribution in [0.15, 0.2) is 72.4 Å².